The highest BCUT2D eigenvalue weighted by molar-refractivity contribution is 5.31. The highest BCUT2D eigenvalue weighted by Gasteiger charge is 2.29. The van der Waals surface area contributed by atoms with Gasteiger partial charge in [0.25, 0.3) is 0 Å². The second kappa shape index (κ2) is 5.00. The third-order valence-electron chi connectivity index (χ3n) is 3.23. The molecule has 1 aromatic rings. The van der Waals surface area contributed by atoms with Crippen molar-refractivity contribution in [2.24, 2.45) is 0 Å². The molecule has 2 rings (SSSR count). The first-order chi connectivity index (χ1) is 8.08. The summed E-state index contributed by atoms with van der Waals surface area (Å²) in [5, 5.41) is 3.38. The number of anilines is 1. The molecular weight excluding hydrogens is 214 g/mol. The molecule has 1 fully saturated rings. The number of hydrogen-bond acceptors (Lipinski definition) is 4. The number of aryl methyl sites for hydroxylation is 1. The van der Waals surface area contributed by atoms with Crippen molar-refractivity contribution in [1.82, 2.24) is 9.97 Å². The third kappa shape index (κ3) is 2.94. The van der Waals surface area contributed by atoms with Crippen LogP contribution in [0.1, 0.15) is 44.0 Å². The largest absolute Gasteiger partial charge is 0.381 e. The smallest absolute Gasteiger partial charge is 0.223 e. The Balaban J connectivity index is 2.01. The molecule has 0 unspecified atom stereocenters. The Morgan fingerprint density at radius 2 is 2.06 bits per heavy atom. The first-order valence-corrected chi connectivity index (χ1v) is 6.23. The Morgan fingerprint density at radius 1 is 1.35 bits per heavy atom. The molecule has 0 saturated heterocycles. The van der Waals surface area contributed by atoms with Crippen LogP contribution in [-0.4, -0.2) is 29.2 Å². The molecule has 0 atom stereocenters. The van der Waals surface area contributed by atoms with Gasteiger partial charge in [-0.15, -0.1) is 0 Å². The molecule has 0 amide bonds. The van der Waals surface area contributed by atoms with Crippen LogP contribution in [0.3, 0.4) is 0 Å². The predicted molar refractivity (Wildman–Crippen MR) is 68.3 cm³/mol. The normalized spacial score (nSPS) is 23.6. The van der Waals surface area contributed by atoms with E-state index in [-0.39, 0.29) is 0 Å². The van der Waals surface area contributed by atoms with Gasteiger partial charge in [0.2, 0.25) is 5.95 Å². The first kappa shape index (κ1) is 12.3. The van der Waals surface area contributed by atoms with E-state index in [4.69, 9.17) is 4.74 Å². The molecule has 1 N–H and O–H groups in total. The summed E-state index contributed by atoms with van der Waals surface area (Å²) in [6.07, 6.45) is 2.50. The Hall–Kier alpha value is -1.16. The van der Waals surface area contributed by atoms with Gasteiger partial charge in [0, 0.05) is 24.5 Å². The summed E-state index contributed by atoms with van der Waals surface area (Å²) >= 11 is 0. The number of ether oxygens (including phenoxy) is 1. The van der Waals surface area contributed by atoms with Crippen LogP contribution in [0.4, 0.5) is 5.95 Å². The first-order valence-electron chi connectivity index (χ1n) is 6.23. The van der Waals surface area contributed by atoms with Crippen LogP contribution in [-0.2, 0) is 4.74 Å². The lowest BCUT2D eigenvalue weighted by Gasteiger charge is -2.34. The average Bonchev–Trinajstić information content (AvgIpc) is 2.21. The lowest BCUT2D eigenvalue weighted by atomic mass is 9.89. The maximum Gasteiger partial charge on any atom is 0.223 e. The highest BCUT2D eigenvalue weighted by Crippen LogP contribution is 2.25. The molecule has 0 radical (unpaired) electrons. The Morgan fingerprint density at radius 3 is 2.65 bits per heavy atom. The maximum atomic E-state index is 5.26. The molecule has 1 aliphatic rings. The topological polar surface area (TPSA) is 47.0 Å². The van der Waals surface area contributed by atoms with Gasteiger partial charge in [-0.25, -0.2) is 9.97 Å². The summed E-state index contributed by atoms with van der Waals surface area (Å²) in [5.74, 6) is 1.19. The molecular formula is C13H21N3O. The van der Waals surface area contributed by atoms with Gasteiger partial charge in [-0.3, -0.25) is 0 Å². The van der Waals surface area contributed by atoms with Gasteiger partial charge in [-0.2, -0.15) is 0 Å². The van der Waals surface area contributed by atoms with Crippen LogP contribution in [0.5, 0.6) is 0 Å². The lowest BCUT2D eigenvalue weighted by Crippen LogP contribution is -2.40. The molecule has 4 heteroatoms. The summed E-state index contributed by atoms with van der Waals surface area (Å²) < 4.78 is 5.26. The van der Waals surface area contributed by atoms with E-state index in [1.165, 1.54) is 0 Å². The zero-order valence-electron chi connectivity index (χ0n) is 11.0. The fraction of sp³-hybridized carbons (Fsp3) is 0.692. The van der Waals surface area contributed by atoms with Gasteiger partial charge < -0.3 is 10.1 Å². The summed E-state index contributed by atoms with van der Waals surface area (Å²) in [7, 11) is 1.76. The Labute approximate surface area is 103 Å². The molecule has 1 aromatic heterocycles. The van der Waals surface area contributed by atoms with Crippen LogP contribution in [0.25, 0.3) is 0 Å². The van der Waals surface area contributed by atoms with E-state index in [1.54, 1.807) is 7.11 Å². The van der Waals surface area contributed by atoms with Crippen molar-refractivity contribution in [3.63, 3.8) is 0 Å². The minimum atomic E-state index is 0.405. The van der Waals surface area contributed by atoms with Gasteiger partial charge >= 0.3 is 0 Å². The quantitative estimate of drug-likeness (QED) is 0.871. The van der Waals surface area contributed by atoms with Crippen LogP contribution in [0.15, 0.2) is 6.07 Å². The highest BCUT2D eigenvalue weighted by atomic mass is 16.5. The fourth-order valence-corrected chi connectivity index (χ4v) is 2.01. The fourth-order valence-electron chi connectivity index (χ4n) is 2.01. The zero-order valence-corrected chi connectivity index (χ0v) is 11.0. The molecule has 0 aromatic carbocycles. The Bertz CT molecular complexity index is 386. The summed E-state index contributed by atoms with van der Waals surface area (Å²) in [6.45, 7) is 6.31. The van der Waals surface area contributed by atoms with Crippen LogP contribution < -0.4 is 5.32 Å². The van der Waals surface area contributed by atoms with Crippen molar-refractivity contribution in [2.75, 3.05) is 12.4 Å². The standard InChI is InChI=1S/C13H21N3O/c1-8(2)12-5-9(3)14-13(16-12)15-10-6-11(7-10)17-4/h5,8,10-11H,6-7H2,1-4H3,(H,14,15,16). The number of hydrogen-bond donors (Lipinski definition) is 1. The molecule has 94 valence electrons. The van der Waals surface area contributed by atoms with Crippen molar-refractivity contribution >= 4 is 5.95 Å². The van der Waals surface area contributed by atoms with E-state index >= 15 is 0 Å². The van der Waals surface area contributed by atoms with Gasteiger partial charge in [0.1, 0.15) is 0 Å². The number of aromatic nitrogens is 2. The lowest BCUT2D eigenvalue weighted by molar-refractivity contribution is 0.0327. The molecule has 0 bridgehead atoms. The van der Waals surface area contributed by atoms with E-state index < -0.39 is 0 Å². The van der Waals surface area contributed by atoms with E-state index in [0.717, 1.165) is 30.2 Å². The molecule has 0 spiro atoms. The molecule has 1 saturated carbocycles. The minimum Gasteiger partial charge on any atom is -0.381 e. The molecule has 1 heterocycles. The van der Waals surface area contributed by atoms with Gasteiger partial charge in [0.15, 0.2) is 0 Å². The summed E-state index contributed by atoms with van der Waals surface area (Å²) in [5.41, 5.74) is 2.12. The van der Waals surface area contributed by atoms with Crippen molar-refractivity contribution in [2.45, 2.75) is 51.7 Å². The second-order valence-corrected chi connectivity index (χ2v) is 5.08. The van der Waals surface area contributed by atoms with Crippen molar-refractivity contribution in [3.8, 4) is 0 Å². The van der Waals surface area contributed by atoms with Crippen molar-refractivity contribution < 1.29 is 4.74 Å². The second-order valence-electron chi connectivity index (χ2n) is 5.08. The van der Waals surface area contributed by atoms with Crippen LogP contribution in [0.2, 0.25) is 0 Å². The minimum absolute atomic E-state index is 0.405. The molecule has 4 nitrogen and oxygen atoms in total. The number of nitrogens with zero attached hydrogens (tertiary/aromatic N) is 2. The zero-order chi connectivity index (χ0) is 12.4. The molecule has 1 aliphatic carbocycles. The van der Waals surface area contributed by atoms with Crippen LogP contribution >= 0.6 is 0 Å². The summed E-state index contributed by atoms with van der Waals surface area (Å²) in [4.78, 5) is 8.97. The van der Waals surface area contributed by atoms with E-state index in [1.807, 2.05) is 6.92 Å². The maximum absolute atomic E-state index is 5.26. The Kier molecular flexibility index (Phi) is 3.62. The molecule has 17 heavy (non-hydrogen) atoms. The third-order valence-corrected chi connectivity index (χ3v) is 3.23. The summed E-state index contributed by atoms with van der Waals surface area (Å²) in [6, 6.07) is 2.51. The SMILES string of the molecule is COC1CC(Nc2nc(C)cc(C(C)C)n2)C1. The van der Waals surface area contributed by atoms with E-state index in [0.29, 0.717) is 18.1 Å². The van der Waals surface area contributed by atoms with Crippen LogP contribution in [0, 0.1) is 6.92 Å². The van der Waals surface area contributed by atoms with Gasteiger partial charge in [0.05, 0.1) is 6.10 Å². The molecule has 0 aliphatic heterocycles. The predicted octanol–water partition coefficient (Wildman–Crippen LogP) is 2.50. The van der Waals surface area contributed by atoms with E-state index in [2.05, 4.69) is 35.2 Å². The average molecular weight is 235 g/mol. The van der Waals surface area contributed by atoms with Gasteiger partial charge in [-0.05, 0) is 31.7 Å². The number of rotatable bonds is 4. The van der Waals surface area contributed by atoms with E-state index in [9.17, 15) is 0 Å². The van der Waals surface area contributed by atoms with Crippen molar-refractivity contribution in [3.05, 3.63) is 17.5 Å². The monoisotopic (exact) mass is 235 g/mol. The number of nitrogens with one attached hydrogen (secondary N) is 1. The number of methoxy groups -OCH3 is 1. The van der Waals surface area contributed by atoms with Gasteiger partial charge in [-0.1, -0.05) is 13.8 Å². The van der Waals surface area contributed by atoms with Crippen molar-refractivity contribution in [1.29, 1.82) is 0 Å².